The van der Waals surface area contributed by atoms with E-state index in [4.69, 9.17) is 5.26 Å². The zero-order chi connectivity index (χ0) is 11.4. The maximum absolute atomic E-state index is 10.4. The monoisotopic (exact) mass is 211 g/mol. The first-order valence-corrected chi connectivity index (χ1v) is 4.78. The summed E-state index contributed by atoms with van der Waals surface area (Å²) >= 11 is 0. The van der Waals surface area contributed by atoms with Gasteiger partial charge in [0.05, 0.1) is 18.0 Å². The van der Waals surface area contributed by atoms with Gasteiger partial charge in [0, 0.05) is 12.7 Å². The molecule has 1 heterocycles. The molecule has 1 aromatic heterocycles. The molecule has 0 atom stereocenters. The molecule has 0 fully saturated rings. The van der Waals surface area contributed by atoms with E-state index < -0.39 is 0 Å². The Morgan fingerprint density at radius 3 is 2.69 bits per heavy atom. The van der Waals surface area contributed by atoms with Crippen molar-refractivity contribution in [3.8, 4) is 6.07 Å². The molecule has 0 N–H and O–H groups in total. The fraction of sp³-hybridized carbons (Fsp3) is 0.0833. The van der Waals surface area contributed by atoms with Gasteiger partial charge >= 0.3 is 0 Å². The number of aldehydes is 1. The van der Waals surface area contributed by atoms with Crippen molar-refractivity contribution in [1.82, 2.24) is 9.55 Å². The van der Waals surface area contributed by atoms with E-state index in [2.05, 4.69) is 11.1 Å². The average Bonchev–Trinajstić information content (AvgIpc) is 2.78. The zero-order valence-corrected chi connectivity index (χ0v) is 8.50. The number of imidazole rings is 1. The Hall–Kier alpha value is -2.41. The molecule has 0 saturated carbocycles. The van der Waals surface area contributed by atoms with E-state index in [1.54, 1.807) is 24.7 Å². The minimum atomic E-state index is 0.425. The van der Waals surface area contributed by atoms with E-state index in [0.717, 1.165) is 11.8 Å². The molecule has 0 bridgehead atoms. The number of aromatic nitrogens is 2. The second-order valence-corrected chi connectivity index (χ2v) is 3.40. The van der Waals surface area contributed by atoms with Crippen LogP contribution in [0.1, 0.15) is 21.6 Å². The Labute approximate surface area is 92.8 Å². The Morgan fingerprint density at radius 2 is 2.12 bits per heavy atom. The van der Waals surface area contributed by atoms with Gasteiger partial charge in [0.2, 0.25) is 0 Å². The smallest absolute Gasteiger partial charge is 0.169 e. The summed E-state index contributed by atoms with van der Waals surface area (Å²) in [6, 6.07) is 9.38. The first-order valence-electron chi connectivity index (χ1n) is 4.78. The number of hydrogen-bond donors (Lipinski definition) is 0. The molecule has 0 saturated heterocycles. The predicted molar refractivity (Wildman–Crippen MR) is 57.9 cm³/mol. The number of carbonyl (C=O) groups excluding carboxylic acids is 1. The SMILES string of the molecule is N#Cc1ccc(Cn2cnc(C=O)c2)cc1. The van der Waals surface area contributed by atoms with Crippen molar-refractivity contribution >= 4 is 6.29 Å². The molecule has 0 unspecified atom stereocenters. The van der Waals surface area contributed by atoms with Crippen LogP contribution in [0.2, 0.25) is 0 Å². The fourth-order valence-corrected chi connectivity index (χ4v) is 1.42. The molecule has 16 heavy (non-hydrogen) atoms. The molecule has 0 aliphatic rings. The second kappa shape index (κ2) is 4.41. The van der Waals surface area contributed by atoms with Gasteiger partial charge in [-0.15, -0.1) is 0 Å². The van der Waals surface area contributed by atoms with Crippen molar-refractivity contribution in [2.24, 2.45) is 0 Å². The highest BCUT2D eigenvalue weighted by molar-refractivity contribution is 5.70. The van der Waals surface area contributed by atoms with E-state index in [1.165, 1.54) is 0 Å². The van der Waals surface area contributed by atoms with Gasteiger partial charge in [-0.3, -0.25) is 4.79 Å². The van der Waals surface area contributed by atoms with Crippen molar-refractivity contribution < 1.29 is 4.79 Å². The predicted octanol–water partition coefficient (Wildman–Crippen LogP) is 1.62. The summed E-state index contributed by atoms with van der Waals surface area (Å²) in [5.41, 5.74) is 2.13. The van der Waals surface area contributed by atoms with Crippen LogP contribution >= 0.6 is 0 Å². The maximum Gasteiger partial charge on any atom is 0.169 e. The highest BCUT2D eigenvalue weighted by atomic mass is 16.1. The van der Waals surface area contributed by atoms with Crippen LogP contribution in [0.5, 0.6) is 0 Å². The number of nitrogens with zero attached hydrogens (tertiary/aromatic N) is 3. The first-order chi connectivity index (χ1) is 7.81. The van der Waals surface area contributed by atoms with Crippen LogP contribution in [0, 0.1) is 11.3 Å². The van der Waals surface area contributed by atoms with Crippen LogP contribution in [-0.4, -0.2) is 15.8 Å². The molecule has 0 aliphatic heterocycles. The van der Waals surface area contributed by atoms with Gasteiger partial charge in [-0.1, -0.05) is 12.1 Å². The third kappa shape index (κ3) is 2.15. The Balaban J connectivity index is 2.14. The Kier molecular flexibility index (Phi) is 2.79. The van der Waals surface area contributed by atoms with Crippen molar-refractivity contribution in [3.05, 3.63) is 53.6 Å². The van der Waals surface area contributed by atoms with Crippen LogP contribution in [0.15, 0.2) is 36.8 Å². The van der Waals surface area contributed by atoms with Gasteiger partial charge in [0.15, 0.2) is 6.29 Å². The van der Waals surface area contributed by atoms with Crippen molar-refractivity contribution in [3.63, 3.8) is 0 Å². The summed E-state index contributed by atoms with van der Waals surface area (Å²) < 4.78 is 1.82. The number of hydrogen-bond acceptors (Lipinski definition) is 3. The molecule has 4 nitrogen and oxygen atoms in total. The molecule has 0 amide bonds. The Bertz CT molecular complexity index is 534. The van der Waals surface area contributed by atoms with E-state index in [1.807, 2.05) is 16.7 Å². The number of carbonyl (C=O) groups is 1. The van der Waals surface area contributed by atoms with Crippen LogP contribution < -0.4 is 0 Å². The third-order valence-electron chi connectivity index (χ3n) is 2.22. The van der Waals surface area contributed by atoms with E-state index in [0.29, 0.717) is 17.8 Å². The van der Waals surface area contributed by atoms with Crippen LogP contribution in [0.3, 0.4) is 0 Å². The standard InChI is InChI=1S/C12H9N3O/c13-5-10-1-3-11(4-2-10)6-15-7-12(8-16)14-9-15/h1-4,7-9H,6H2. The minimum Gasteiger partial charge on any atom is -0.332 e. The normalized spacial score (nSPS) is 9.69. The number of nitriles is 1. The molecular formula is C12H9N3O. The van der Waals surface area contributed by atoms with Crippen LogP contribution in [0.25, 0.3) is 0 Å². The number of rotatable bonds is 3. The molecule has 0 radical (unpaired) electrons. The third-order valence-corrected chi connectivity index (χ3v) is 2.22. The highest BCUT2D eigenvalue weighted by Gasteiger charge is 1.98. The lowest BCUT2D eigenvalue weighted by molar-refractivity contribution is 0.111. The summed E-state index contributed by atoms with van der Waals surface area (Å²) in [5, 5.41) is 8.65. The van der Waals surface area contributed by atoms with E-state index in [9.17, 15) is 4.79 Å². The molecule has 78 valence electrons. The number of benzene rings is 1. The lowest BCUT2D eigenvalue weighted by atomic mass is 10.1. The summed E-state index contributed by atoms with van der Waals surface area (Å²) in [6.45, 7) is 0.645. The van der Waals surface area contributed by atoms with Crippen LogP contribution in [0.4, 0.5) is 0 Å². The van der Waals surface area contributed by atoms with Gasteiger partial charge < -0.3 is 4.57 Å². The van der Waals surface area contributed by atoms with E-state index in [-0.39, 0.29) is 0 Å². The molecule has 2 rings (SSSR count). The molecule has 0 aliphatic carbocycles. The minimum absolute atomic E-state index is 0.425. The average molecular weight is 211 g/mol. The Morgan fingerprint density at radius 1 is 1.38 bits per heavy atom. The summed E-state index contributed by atoms with van der Waals surface area (Å²) in [7, 11) is 0. The van der Waals surface area contributed by atoms with E-state index >= 15 is 0 Å². The molecule has 0 spiro atoms. The lowest BCUT2D eigenvalue weighted by Crippen LogP contribution is -1.96. The second-order valence-electron chi connectivity index (χ2n) is 3.40. The van der Waals surface area contributed by atoms with Crippen molar-refractivity contribution in [1.29, 1.82) is 5.26 Å². The molecule has 4 heteroatoms. The van der Waals surface area contributed by atoms with Gasteiger partial charge in [0.25, 0.3) is 0 Å². The highest BCUT2D eigenvalue weighted by Crippen LogP contribution is 2.06. The largest absolute Gasteiger partial charge is 0.332 e. The molecular weight excluding hydrogens is 202 g/mol. The summed E-state index contributed by atoms with van der Waals surface area (Å²) in [5.74, 6) is 0. The van der Waals surface area contributed by atoms with Crippen molar-refractivity contribution in [2.75, 3.05) is 0 Å². The molecule has 1 aromatic carbocycles. The van der Waals surface area contributed by atoms with Gasteiger partial charge in [0.1, 0.15) is 5.69 Å². The lowest BCUT2D eigenvalue weighted by Gasteiger charge is -2.01. The fourth-order valence-electron chi connectivity index (χ4n) is 1.42. The summed E-state index contributed by atoms with van der Waals surface area (Å²) in [4.78, 5) is 14.4. The van der Waals surface area contributed by atoms with Crippen LogP contribution in [-0.2, 0) is 6.54 Å². The zero-order valence-electron chi connectivity index (χ0n) is 8.50. The van der Waals surface area contributed by atoms with Gasteiger partial charge in [-0.25, -0.2) is 4.98 Å². The van der Waals surface area contributed by atoms with Crippen molar-refractivity contribution in [2.45, 2.75) is 6.54 Å². The maximum atomic E-state index is 10.4. The summed E-state index contributed by atoms with van der Waals surface area (Å²) in [6.07, 6.45) is 4.02. The first kappa shape index (κ1) is 10.1. The quantitative estimate of drug-likeness (QED) is 0.725. The topological polar surface area (TPSA) is 58.7 Å². The van der Waals surface area contributed by atoms with Gasteiger partial charge in [-0.05, 0) is 17.7 Å². The molecule has 2 aromatic rings. The van der Waals surface area contributed by atoms with Gasteiger partial charge in [-0.2, -0.15) is 5.26 Å².